The van der Waals surface area contributed by atoms with E-state index in [4.69, 9.17) is 4.74 Å². The molecule has 0 saturated heterocycles. The first kappa shape index (κ1) is 23.4. The minimum atomic E-state index is -1.07. The van der Waals surface area contributed by atoms with Crippen LogP contribution in [0.5, 0.6) is 0 Å². The highest BCUT2D eigenvalue weighted by molar-refractivity contribution is 9.10. The Balaban J connectivity index is 1.73. The van der Waals surface area contributed by atoms with Crippen LogP contribution in [0.4, 0.5) is 5.69 Å². The molecule has 0 atom stereocenters. The minimum absolute atomic E-state index is 0.0256. The van der Waals surface area contributed by atoms with Gasteiger partial charge in [-0.2, -0.15) is 0 Å². The van der Waals surface area contributed by atoms with E-state index in [-0.39, 0.29) is 36.5 Å². The van der Waals surface area contributed by atoms with Gasteiger partial charge in [0.25, 0.3) is 5.91 Å². The molecule has 1 amide bonds. The number of fused-ring (bicyclic) bond motifs is 1. The summed E-state index contributed by atoms with van der Waals surface area (Å²) in [5.41, 5.74) is 2.43. The summed E-state index contributed by atoms with van der Waals surface area (Å²) >= 11 is 3.36. The van der Waals surface area contributed by atoms with Crippen LogP contribution in [0.25, 0.3) is 22.2 Å². The number of ether oxygens (including phenoxy) is 1. The Labute approximate surface area is 202 Å². The number of benzene rings is 2. The highest BCUT2D eigenvalue weighted by Crippen LogP contribution is 2.30. The second kappa shape index (κ2) is 9.62. The standard InChI is InChI=1S/C24H20BrN3O6/c1-34-24(33)18-12-28(7-8-29)22(30)21(18)26-15-4-2-3-13(9-15)20-11-17(23(31)32)16-10-14(25)5-6-19(16)27-20/h2-6,9-11,26,29H,7-8,12H2,1H3,(H,31,32). The molecule has 4 rings (SSSR count). The van der Waals surface area contributed by atoms with E-state index in [1.807, 2.05) is 0 Å². The number of carbonyl (C=O) groups excluding carboxylic acids is 2. The molecule has 3 aromatic rings. The number of aromatic nitrogens is 1. The normalized spacial score (nSPS) is 13.5. The predicted octanol–water partition coefficient (Wildman–Crippen LogP) is 3.04. The Morgan fingerprint density at radius 2 is 2.00 bits per heavy atom. The molecule has 1 aliphatic heterocycles. The number of carboxylic acids is 1. The molecule has 0 radical (unpaired) electrons. The highest BCUT2D eigenvalue weighted by atomic mass is 79.9. The molecular formula is C24H20BrN3O6. The van der Waals surface area contributed by atoms with Gasteiger partial charge in [-0.25, -0.2) is 14.6 Å². The number of esters is 1. The van der Waals surface area contributed by atoms with Crippen molar-refractivity contribution in [2.45, 2.75) is 0 Å². The Morgan fingerprint density at radius 1 is 1.21 bits per heavy atom. The number of methoxy groups -OCH3 is 1. The molecule has 0 unspecified atom stereocenters. The van der Waals surface area contributed by atoms with Crippen molar-refractivity contribution in [1.29, 1.82) is 0 Å². The SMILES string of the molecule is COC(=O)C1=C(Nc2cccc(-c3cc(C(=O)O)c4cc(Br)ccc4n3)c2)C(=O)N(CCO)C1. The number of anilines is 1. The fourth-order valence-corrected chi connectivity index (χ4v) is 4.13. The Hall–Kier alpha value is -3.76. The van der Waals surface area contributed by atoms with Crippen molar-refractivity contribution in [2.24, 2.45) is 0 Å². The zero-order valence-corrected chi connectivity index (χ0v) is 19.6. The number of hydrogen-bond donors (Lipinski definition) is 3. The molecular weight excluding hydrogens is 506 g/mol. The number of nitrogens with one attached hydrogen (secondary N) is 1. The van der Waals surface area contributed by atoms with E-state index < -0.39 is 17.8 Å². The van der Waals surface area contributed by atoms with Crippen LogP contribution in [0.2, 0.25) is 0 Å². The summed E-state index contributed by atoms with van der Waals surface area (Å²) in [6.07, 6.45) is 0. The van der Waals surface area contributed by atoms with Crippen LogP contribution in [0.3, 0.4) is 0 Å². The number of pyridine rings is 1. The Kier molecular flexibility index (Phi) is 6.62. The lowest BCUT2D eigenvalue weighted by Crippen LogP contribution is -2.31. The lowest BCUT2D eigenvalue weighted by molar-refractivity contribution is -0.136. The van der Waals surface area contributed by atoms with Gasteiger partial charge >= 0.3 is 11.9 Å². The summed E-state index contributed by atoms with van der Waals surface area (Å²) < 4.78 is 5.55. The summed E-state index contributed by atoms with van der Waals surface area (Å²) in [6.45, 7) is -0.128. The molecule has 0 aliphatic carbocycles. The van der Waals surface area contributed by atoms with E-state index in [1.54, 1.807) is 42.5 Å². The average Bonchev–Trinajstić information content (AvgIpc) is 3.13. The van der Waals surface area contributed by atoms with Gasteiger partial charge in [0, 0.05) is 27.7 Å². The number of hydrogen-bond acceptors (Lipinski definition) is 7. The zero-order chi connectivity index (χ0) is 24.4. The van der Waals surface area contributed by atoms with Crippen molar-refractivity contribution in [3.05, 3.63) is 69.8 Å². The molecule has 0 spiro atoms. The predicted molar refractivity (Wildman–Crippen MR) is 128 cm³/mol. The number of nitrogens with zero attached hydrogens (tertiary/aromatic N) is 2. The molecule has 2 heterocycles. The smallest absolute Gasteiger partial charge is 0.337 e. The van der Waals surface area contributed by atoms with Crippen molar-refractivity contribution in [2.75, 3.05) is 32.1 Å². The average molecular weight is 526 g/mol. The fraction of sp³-hybridized carbons (Fsp3) is 0.167. The largest absolute Gasteiger partial charge is 0.478 e. The van der Waals surface area contributed by atoms with E-state index in [2.05, 4.69) is 26.2 Å². The van der Waals surface area contributed by atoms with E-state index in [0.717, 1.165) is 4.47 Å². The van der Waals surface area contributed by atoms with Gasteiger partial charge in [0.2, 0.25) is 0 Å². The van der Waals surface area contributed by atoms with E-state index in [9.17, 15) is 24.6 Å². The number of β-amino-alcohol motifs (C(OH)–C–C–N with tert-alkyl or cyclic N) is 1. The summed E-state index contributed by atoms with van der Waals surface area (Å²) in [6, 6.07) is 13.7. The van der Waals surface area contributed by atoms with Crippen molar-refractivity contribution in [3.63, 3.8) is 0 Å². The van der Waals surface area contributed by atoms with Gasteiger partial charge in [0.05, 0.1) is 42.6 Å². The number of amides is 1. The van der Waals surface area contributed by atoms with Gasteiger partial charge in [-0.05, 0) is 36.4 Å². The number of rotatable bonds is 7. The third kappa shape index (κ3) is 4.50. The monoisotopic (exact) mass is 525 g/mol. The zero-order valence-electron chi connectivity index (χ0n) is 18.0. The van der Waals surface area contributed by atoms with Gasteiger partial charge in [-0.1, -0.05) is 28.1 Å². The first-order valence-electron chi connectivity index (χ1n) is 10.2. The van der Waals surface area contributed by atoms with E-state index >= 15 is 0 Å². The lowest BCUT2D eigenvalue weighted by Gasteiger charge is -2.15. The number of carboxylic acid groups (broad SMARTS) is 1. The lowest BCUT2D eigenvalue weighted by atomic mass is 10.0. The van der Waals surface area contributed by atoms with Crippen LogP contribution in [0.15, 0.2) is 64.3 Å². The number of aromatic carboxylic acids is 1. The number of carbonyl (C=O) groups is 3. The number of aliphatic hydroxyl groups is 1. The van der Waals surface area contributed by atoms with Gasteiger partial charge < -0.3 is 25.2 Å². The second-order valence-corrected chi connectivity index (χ2v) is 8.44. The molecule has 0 saturated carbocycles. The molecule has 0 bridgehead atoms. The first-order chi connectivity index (χ1) is 16.3. The van der Waals surface area contributed by atoms with Gasteiger partial charge in [-0.3, -0.25) is 4.79 Å². The van der Waals surface area contributed by atoms with Crippen LogP contribution in [0.1, 0.15) is 10.4 Å². The van der Waals surface area contributed by atoms with E-state index in [1.165, 1.54) is 18.1 Å². The second-order valence-electron chi connectivity index (χ2n) is 7.52. The maximum Gasteiger partial charge on any atom is 0.337 e. The van der Waals surface area contributed by atoms with Crippen molar-refractivity contribution in [3.8, 4) is 11.3 Å². The maximum atomic E-state index is 12.8. The number of aliphatic hydroxyl groups excluding tert-OH is 1. The highest BCUT2D eigenvalue weighted by Gasteiger charge is 2.34. The van der Waals surface area contributed by atoms with Gasteiger partial charge in [0.15, 0.2) is 0 Å². The summed E-state index contributed by atoms with van der Waals surface area (Å²) in [5.74, 6) is -2.14. The van der Waals surface area contributed by atoms with Crippen molar-refractivity contribution in [1.82, 2.24) is 9.88 Å². The molecule has 1 aliphatic rings. The molecule has 1 aromatic heterocycles. The third-order valence-corrected chi connectivity index (χ3v) is 5.88. The molecule has 3 N–H and O–H groups in total. The fourth-order valence-electron chi connectivity index (χ4n) is 3.77. The van der Waals surface area contributed by atoms with E-state index in [0.29, 0.717) is 27.8 Å². The van der Waals surface area contributed by atoms with Crippen molar-refractivity contribution < 1.29 is 29.3 Å². The number of halogens is 1. The third-order valence-electron chi connectivity index (χ3n) is 5.38. The molecule has 9 nitrogen and oxygen atoms in total. The van der Waals surface area contributed by atoms with Crippen LogP contribution < -0.4 is 5.32 Å². The van der Waals surface area contributed by atoms with Crippen LogP contribution in [0, 0.1) is 0 Å². The maximum absolute atomic E-state index is 12.8. The van der Waals surface area contributed by atoms with Crippen molar-refractivity contribution >= 4 is 50.4 Å². The Morgan fingerprint density at radius 3 is 2.71 bits per heavy atom. The van der Waals surface area contributed by atoms with Crippen LogP contribution in [-0.4, -0.2) is 64.7 Å². The Bertz CT molecular complexity index is 1350. The summed E-state index contributed by atoms with van der Waals surface area (Å²) in [7, 11) is 1.23. The summed E-state index contributed by atoms with van der Waals surface area (Å²) in [5, 5.41) is 22.4. The van der Waals surface area contributed by atoms with Gasteiger partial charge in [0.1, 0.15) is 5.70 Å². The molecule has 174 valence electrons. The van der Waals surface area contributed by atoms with Crippen LogP contribution in [-0.2, 0) is 14.3 Å². The topological polar surface area (TPSA) is 129 Å². The van der Waals surface area contributed by atoms with Gasteiger partial charge in [-0.15, -0.1) is 0 Å². The van der Waals surface area contributed by atoms with Crippen LogP contribution >= 0.6 is 15.9 Å². The molecule has 34 heavy (non-hydrogen) atoms. The molecule has 10 heteroatoms. The molecule has 0 fully saturated rings. The first-order valence-corrected chi connectivity index (χ1v) is 11.0. The minimum Gasteiger partial charge on any atom is -0.478 e. The summed E-state index contributed by atoms with van der Waals surface area (Å²) in [4.78, 5) is 42.8. The molecule has 2 aromatic carbocycles. The quantitative estimate of drug-likeness (QED) is 0.401.